The van der Waals surface area contributed by atoms with Gasteiger partial charge in [-0.2, -0.15) is 0 Å². The summed E-state index contributed by atoms with van der Waals surface area (Å²) in [6.07, 6.45) is 3.02. The van der Waals surface area contributed by atoms with Crippen molar-refractivity contribution in [3.63, 3.8) is 0 Å². The summed E-state index contributed by atoms with van der Waals surface area (Å²) in [5.41, 5.74) is 0. The summed E-state index contributed by atoms with van der Waals surface area (Å²) in [7, 11) is 0. The highest BCUT2D eigenvalue weighted by Gasteiger charge is 1.89. The molecule has 0 aliphatic rings. The van der Waals surface area contributed by atoms with Crippen molar-refractivity contribution in [3.8, 4) is 0 Å². The van der Waals surface area contributed by atoms with E-state index in [0.29, 0.717) is 0 Å². The molecule has 0 N–H and O–H groups in total. The maximum absolute atomic E-state index is 4.35. The molecule has 0 aliphatic carbocycles. The fourth-order valence-electron chi connectivity index (χ4n) is 0.184. The van der Waals surface area contributed by atoms with Crippen LogP contribution in [0.1, 0.15) is 0 Å². The molecule has 1 rings (SSSR count). The predicted molar refractivity (Wildman–Crippen MR) is 21.1 cm³/mol. The number of hydrogen-bond acceptors (Lipinski definition) is 3. The van der Waals surface area contributed by atoms with Crippen molar-refractivity contribution < 1.29 is 8.61 Å². The molecule has 0 aliphatic heterocycles. The Labute approximate surface area is 40.1 Å². The predicted octanol–water partition coefficient (Wildman–Crippen LogP) is -0.345. The van der Waals surface area contributed by atoms with Crippen LogP contribution in [-0.4, -0.2) is 5.27 Å². The van der Waals surface area contributed by atoms with Gasteiger partial charge >= 0.3 is 0 Å². The Balaban J connectivity index is 3.05. The molecule has 0 saturated heterocycles. The van der Waals surface area contributed by atoms with Crippen LogP contribution < -0.4 is 4.09 Å². The van der Waals surface area contributed by atoms with Crippen LogP contribution in [-0.2, 0) is 0 Å². The molecule has 0 unspecified atom stereocenters. The molecule has 0 fully saturated rings. The molecular formula is C2H3N2OS+. The Hall–Kier alpha value is -0.510. The summed E-state index contributed by atoms with van der Waals surface area (Å²) in [5.74, 6) is 0. The lowest BCUT2D eigenvalue weighted by Gasteiger charge is -1.52. The average Bonchev–Trinajstić information content (AvgIpc) is 1.86. The molecule has 0 bridgehead atoms. The minimum Gasteiger partial charge on any atom is -0.308 e. The first-order valence-electron chi connectivity index (χ1n) is 1.41. The van der Waals surface area contributed by atoms with Crippen LogP contribution in [0.4, 0.5) is 0 Å². The molecule has 32 valence electrons. The van der Waals surface area contributed by atoms with Crippen molar-refractivity contribution in [3.05, 3.63) is 12.5 Å². The van der Waals surface area contributed by atoms with E-state index in [-0.39, 0.29) is 0 Å². The third-order valence-electron chi connectivity index (χ3n) is 0.386. The Kier molecular flexibility index (Phi) is 0.795. The first-order valence-corrected chi connectivity index (χ1v) is 1.81. The lowest BCUT2D eigenvalue weighted by Crippen LogP contribution is -2.19. The highest BCUT2D eigenvalue weighted by atomic mass is 32.1. The summed E-state index contributed by atoms with van der Waals surface area (Å²) in [4.78, 5) is 0. The highest BCUT2D eigenvalue weighted by molar-refractivity contribution is 7.73. The SMILES string of the molecule is S[n+]1ccon1. The lowest BCUT2D eigenvalue weighted by atomic mass is 11.0. The zero-order valence-corrected chi connectivity index (χ0v) is 3.80. The monoisotopic (exact) mass is 103 g/mol. The summed E-state index contributed by atoms with van der Waals surface area (Å²) < 4.78 is 5.63. The minimum atomic E-state index is 1.28. The second-order valence-electron chi connectivity index (χ2n) is 0.793. The van der Waals surface area contributed by atoms with Gasteiger partial charge in [0.2, 0.25) is 5.27 Å². The van der Waals surface area contributed by atoms with Crippen LogP contribution in [0.2, 0.25) is 0 Å². The molecule has 0 spiro atoms. The largest absolute Gasteiger partial charge is 0.308 e. The number of aromatic nitrogens is 2. The van der Waals surface area contributed by atoms with Crippen molar-refractivity contribution in [2.45, 2.75) is 0 Å². The normalized spacial score (nSPS) is 8.83. The molecule has 0 atom stereocenters. The molecule has 6 heavy (non-hydrogen) atoms. The van der Waals surface area contributed by atoms with Crippen LogP contribution >= 0.6 is 12.8 Å². The van der Waals surface area contributed by atoms with E-state index in [1.165, 1.54) is 10.4 Å². The van der Waals surface area contributed by atoms with E-state index < -0.39 is 0 Å². The summed E-state index contributed by atoms with van der Waals surface area (Å²) in [6.45, 7) is 0. The van der Waals surface area contributed by atoms with Gasteiger partial charge in [0.1, 0.15) is 0 Å². The number of nitrogens with zero attached hydrogens (tertiary/aromatic N) is 2. The summed E-state index contributed by atoms with van der Waals surface area (Å²) >= 11 is 3.75. The van der Waals surface area contributed by atoms with Gasteiger partial charge < -0.3 is 4.52 Å². The minimum absolute atomic E-state index is 1.28. The molecule has 0 radical (unpaired) electrons. The fraction of sp³-hybridized carbons (Fsp3) is 0. The van der Waals surface area contributed by atoms with Crippen LogP contribution in [0.15, 0.2) is 17.0 Å². The number of rotatable bonds is 0. The first kappa shape index (κ1) is 3.67. The third-order valence-corrected chi connectivity index (χ3v) is 0.592. The van der Waals surface area contributed by atoms with Crippen LogP contribution in [0.5, 0.6) is 0 Å². The Bertz CT molecular complexity index is 115. The summed E-state index contributed by atoms with van der Waals surface area (Å²) in [5, 5.41) is 3.32. The van der Waals surface area contributed by atoms with Crippen molar-refractivity contribution >= 4 is 12.8 Å². The molecule has 0 saturated carbocycles. The second kappa shape index (κ2) is 1.30. The van der Waals surface area contributed by atoms with E-state index in [9.17, 15) is 0 Å². The van der Waals surface area contributed by atoms with Gasteiger partial charge in [-0.25, -0.2) is 0 Å². The van der Waals surface area contributed by atoms with E-state index in [0.717, 1.165) is 0 Å². The van der Waals surface area contributed by atoms with E-state index in [4.69, 9.17) is 0 Å². The Morgan fingerprint density at radius 3 is 2.83 bits per heavy atom. The van der Waals surface area contributed by atoms with Crippen LogP contribution in [0.25, 0.3) is 0 Å². The van der Waals surface area contributed by atoms with E-state index in [1.807, 2.05) is 0 Å². The lowest BCUT2D eigenvalue weighted by molar-refractivity contribution is -0.573. The van der Waals surface area contributed by atoms with Crippen molar-refractivity contribution in [1.82, 2.24) is 5.27 Å². The molecular weight excluding hydrogens is 100 g/mol. The molecule has 1 aromatic heterocycles. The van der Waals surface area contributed by atoms with E-state index in [2.05, 4.69) is 22.6 Å². The Morgan fingerprint density at radius 1 is 1.83 bits per heavy atom. The maximum Gasteiger partial charge on any atom is 0.252 e. The quantitative estimate of drug-likeness (QED) is 0.359. The van der Waals surface area contributed by atoms with Gasteiger partial charge in [0.15, 0.2) is 19.1 Å². The highest BCUT2D eigenvalue weighted by Crippen LogP contribution is 1.67. The van der Waals surface area contributed by atoms with Gasteiger partial charge in [0.25, 0.3) is 6.20 Å². The standard InChI is InChI=1S/C2H3N2OS/c6-4-1-2-5-3-4/h1-2H,(H,3,6)/q+1. The molecule has 3 nitrogen and oxygen atoms in total. The summed E-state index contributed by atoms with van der Waals surface area (Å²) in [6, 6.07) is 0. The van der Waals surface area contributed by atoms with Crippen LogP contribution in [0, 0.1) is 0 Å². The zero-order valence-electron chi connectivity index (χ0n) is 2.90. The third kappa shape index (κ3) is 0.514. The van der Waals surface area contributed by atoms with Gasteiger partial charge in [0, 0.05) is 4.09 Å². The molecule has 4 heteroatoms. The van der Waals surface area contributed by atoms with E-state index in [1.54, 1.807) is 6.20 Å². The molecule has 0 aromatic carbocycles. The Morgan fingerprint density at radius 2 is 2.67 bits per heavy atom. The van der Waals surface area contributed by atoms with Crippen molar-refractivity contribution in [2.24, 2.45) is 0 Å². The van der Waals surface area contributed by atoms with Crippen LogP contribution in [0.3, 0.4) is 0 Å². The van der Waals surface area contributed by atoms with E-state index >= 15 is 0 Å². The molecule has 0 amide bonds. The second-order valence-corrected chi connectivity index (χ2v) is 1.20. The van der Waals surface area contributed by atoms with Crippen molar-refractivity contribution in [2.75, 3.05) is 0 Å². The molecule has 1 aromatic rings. The zero-order chi connectivity index (χ0) is 4.41. The van der Waals surface area contributed by atoms with Gasteiger partial charge in [-0.05, 0) is 0 Å². The fourth-order valence-corrected chi connectivity index (χ4v) is 0.281. The van der Waals surface area contributed by atoms with Crippen molar-refractivity contribution in [1.29, 1.82) is 0 Å². The van der Waals surface area contributed by atoms with Gasteiger partial charge in [-0.1, -0.05) is 0 Å². The topological polar surface area (TPSA) is 29.9 Å². The van der Waals surface area contributed by atoms with Gasteiger partial charge in [0.05, 0.1) is 0 Å². The average molecular weight is 103 g/mol. The maximum atomic E-state index is 4.35. The smallest absolute Gasteiger partial charge is 0.252 e. The molecule has 1 heterocycles. The number of hydrogen-bond donors (Lipinski definition) is 1. The van der Waals surface area contributed by atoms with Gasteiger partial charge in [-0.3, -0.25) is 0 Å². The first-order chi connectivity index (χ1) is 2.89. The van der Waals surface area contributed by atoms with Gasteiger partial charge in [-0.15, -0.1) is 0 Å². The number of thiol groups is 1.